The van der Waals surface area contributed by atoms with Crippen LogP contribution in [0.5, 0.6) is 5.75 Å². The molecule has 28 heavy (non-hydrogen) atoms. The van der Waals surface area contributed by atoms with E-state index in [2.05, 4.69) is 4.90 Å². The Balaban J connectivity index is 1.52. The molecule has 0 atom stereocenters. The molecule has 0 spiro atoms. The molecule has 1 aliphatic heterocycles. The van der Waals surface area contributed by atoms with Gasteiger partial charge < -0.3 is 19.3 Å². The van der Waals surface area contributed by atoms with E-state index in [0.717, 1.165) is 48.4 Å². The van der Waals surface area contributed by atoms with E-state index in [0.29, 0.717) is 18.5 Å². The third kappa shape index (κ3) is 3.73. The first kappa shape index (κ1) is 18.5. The lowest BCUT2D eigenvalue weighted by Crippen LogP contribution is -3.13. The Kier molecular flexibility index (Phi) is 5.05. The van der Waals surface area contributed by atoms with Crippen molar-refractivity contribution in [2.75, 3.05) is 31.1 Å². The fourth-order valence-electron chi connectivity index (χ4n) is 3.90. The molecule has 2 heterocycles. The highest BCUT2D eigenvalue weighted by atomic mass is 19.1. The number of halogens is 1. The summed E-state index contributed by atoms with van der Waals surface area (Å²) >= 11 is 0. The molecule has 1 N–H and O–H groups in total. The van der Waals surface area contributed by atoms with Gasteiger partial charge >= 0.3 is 5.63 Å². The number of hydrogen-bond acceptors (Lipinski definition) is 4. The normalized spacial score (nSPS) is 15.3. The van der Waals surface area contributed by atoms with Crippen molar-refractivity contribution in [3.63, 3.8) is 0 Å². The minimum Gasteiger partial charge on any atom is -0.872 e. The van der Waals surface area contributed by atoms with Crippen LogP contribution in [-0.2, 0) is 13.0 Å². The van der Waals surface area contributed by atoms with E-state index in [1.165, 1.54) is 23.1 Å². The summed E-state index contributed by atoms with van der Waals surface area (Å²) in [6, 6.07) is 11.4. The fourth-order valence-corrected chi connectivity index (χ4v) is 3.90. The number of anilines is 1. The van der Waals surface area contributed by atoms with Crippen molar-refractivity contribution in [1.82, 2.24) is 0 Å². The lowest BCUT2D eigenvalue weighted by molar-refractivity contribution is -0.914. The largest absolute Gasteiger partial charge is 0.872 e. The minimum absolute atomic E-state index is 0.0874. The van der Waals surface area contributed by atoms with Gasteiger partial charge in [0, 0.05) is 22.7 Å². The standard InChI is InChI=1S/C22H23FN2O3/c1-2-15-11-19-16(12-22(27)28-21(19)13-20(15)26)14-24-7-9-25(10-8-24)18-5-3-17(23)4-6-18/h3-6,11-13,26H,2,7-10,14H2,1H3. The summed E-state index contributed by atoms with van der Waals surface area (Å²) in [6.07, 6.45) is 0.649. The van der Waals surface area contributed by atoms with Crippen LogP contribution in [0.15, 0.2) is 51.7 Å². The summed E-state index contributed by atoms with van der Waals surface area (Å²) < 4.78 is 18.4. The number of rotatable bonds is 4. The van der Waals surface area contributed by atoms with Crippen molar-refractivity contribution in [2.45, 2.75) is 19.9 Å². The first-order valence-corrected chi connectivity index (χ1v) is 9.64. The fraction of sp³-hybridized carbons (Fsp3) is 0.318. The van der Waals surface area contributed by atoms with E-state index in [9.17, 15) is 14.3 Å². The number of piperazine rings is 1. The molecule has 2 aromatic carbocycles. The molecular formula is C22H23FN2O3. The topological polar surface area (TPSA) is 61.0 Å². The molecule has 0 bridgehead atoms. The second-order valence-corrected chi connectivity index (χ2v) is 7.29. The predicted octanol–water partition coefficient (Wildman–Crippen LogP) is 1.47. The molecule has 1 aromatic heterocycles. The van der Waals surface area contributed by atoms with Crippen LogP contribution in [0.25, 0.3) is 11.0 Å². The Morgan fingerprint density at radius 1 is 1.11 bits per heavy atom. The Labute approximate surface area is 162 Å². The molecule has 0 amide bonds. The van der Waals surface area contributed by atoms with Crippen LogP contribution in [0.3, 0.4) is 0 Å². The molecule has 6 heteroatoms. The number of hydrogen-bond donors (Lipinski definition) is 1. The zero-order valence-corrected chi connectivity index (χ0v) is 15.8. The molecule has 0 saturated carbocycles. The van der Waals surface area contributed by atoms with E-state index in [4.69, 9.17) is 4.42 Å². The Bertz CT molecular complexity index is 1040. The van der Waals surface area contributed by atoms with E-state index >= 15 is 0 Å². The smallest absolute Gasteiger partial charge is 0.336 e. The van der Waals surface area contributed by atoms with Crippen molar-refractivity contribution < 1.29 is 18.8 Å². The number of nitrogens with zero attached hydrogens (tertiary/aromatic N) is 1. The second-order valence-electron chi connectivity index (χ2n) is 7.29. The number of nitrogens with one attached hydrogen (secondary N) is 1. The monoisotopic (exact) mass is 382 g/mol. The molecule has 146 valence electrons. The van der Waals surface area contributed by atoms with Gasteiger partial charge in [0.05, 0.1) is 26.2 Å². The highest BCUT2D eigenvalue weighted by Gasteiger charge is 2.22. The second kappa shape index (κ2) is 7.64. The maximum Gasteiger partial charge on any atom is 0.336 e. The van der Waals surface area contributed by atoms with E-state index < -0.39 is 5.63 Å². The maximum atomic E-state index is 13.1. The number of fused-ring (bicyclic) bond motifs is 1. The molecule has 0 aliphatic carbocycles. The lowest BCUT2D eigenvalue weighted by atomic mass is 10.0. The van der Waals surface area contributed by atoms with Crippen molar-refractivity contribution in [3.8, 4) is 5.75 Å². The Hall–Kier alpha value is -2.86. The lowest BCUT2D eigenvalue weighted by Gasteiger charge is -2.33. The summed E-state index contributed by atoms with van der Waals surface area (Å²) in [5, 5.41) is 12.9. The van der Waals surface area contributed by atoms with Gasteiger partial charge in [-0.3, -0.25) is 0 Å². The van der Waals surface area contributed by atoms with Gasteiger partial charge in [-0.05, 0) is 42.8 Å². The van der Waals surface area contributed by atoms with Crippen LogP contribution in [0.4, 0.5) is 10.1 Å². The summed E-state index contributed by atoms with van der Waals surface area (Å²) in [6.45, 7) is 6.22. The van der Waals surface area contributed by atoms with Gasteiger partial charge in [-0.15, -0.1) is 5.75 Å². The number of benzene rings is 2. The van der Waals surface area contributed by atoms with Crippen LogP contribution in [-0.4, -0.2) is 26.2 Å². The first-order chi connectivity index (χ1) is 13.5. The maximum absolute atomic E-state index is 13.1. The van der Waals surface area contributed by atoms with Gasteiger partial charge in [0.2, 0.25) is 0 Å². The van der Waals surface area contributed by atoms with Crippen molar-refractivity contribution in [2.24, 2.45) is 0 Å². The average molecular weight is 382 g/mol. The summed E-state index contributed by atoms with van der Waals surface area (Å²) in [4.78, 5) is 15.6. The third-order valence-electron chi connectivity index (χ3n) is 5.49. The van der Waals surface area contributed by atoms with Gasteiger partial charge in [0.25, 0.3) is 0 Å². The van der Waals surface area contributed by atoms with Gasteiger partial charge in [-0.2, -0.15) is 0 Å². The number of quaternary nitrogens is 1. The van der Waals surface area contributed by atoms with Gasteiger partial charge in [-0.1, -0.05) is 12.5 Å². The predicted molar refractivity (Wildman–Crippen MR) is 104 cm³/mol. The zero-order valence-electron chi connectivity index (χ0n) is 15.8. The van der Waals surface area contributed by atoms with Crippen LogP contribution in [0.1, 0.15) is 18.1 Å². The average Bonchev–Trinajstić information content (AvgIpc) is 2.68. The van der Waals surface area contributed by atoms with Crippen molar-refractivity contribution >= 4 is 16.7 Å². The summed E-state index contributed by atoms with van der Waals surface area (Å²) in [7, 11) is 0. The summed E-state index contributed by atoms with van der Waals surface area (Å²) in [5.74, 6) is -0.314. The van der Waals surface area contributed by atoms with Crippen molar-refractivity contribution in [3.05, 3.63) is 69.8 Å². The number of aryl methyl sites for hydroxylation is 1. The molecule has 1 aliphatic rings. The molecule has 4 rings (SSSR count). The molecule has 5 nitrogen and oxygen atoms in total. The molecule has 1 fully saturated rings. The third-order valence-corrected chi connectivity index (χ3v) is 5.49. The first-order valence-electron chi connectivity index (χ1n) is 9.64. The molecule has 1 saturated heterocycles. The van der Waals surface area contributed by atoms with E-state index in [1.54, 1.807) is 6.07 Å². The van der Waals surface area contributed by atoms with Crippen LogP contribution >= 0.6 is 0 Å². The van der Waals surface area contributed by atoms with Crippen LogP contribution in [0.2, 0.25) is 0 Å². The van der Waals surface area contributed by atoms with Crippen LogP contribution in [0, 0.1) is 5.82 Å². The SMILES string of the molecule is CCc1cc2c(C[NH+]3CCN(c4ccc(F)cc4)CC3)cc(=O)oc2cc1[O-]. The Morgan fingerprint density at radius 2 is 1.82 bits per heavy atom. The van der Waals surface area contributed by atoms with Gasteiger partial charge in [0.15, 0.2) is 0 Å². The van der Waals surface area contributed by atoms with Crippen molar-refractivity contribution in [1.29, 1.82) is 0 Å². The quantitative estimate of drug-likeness (QED) is 0.695. The van der Waals surface area contributed by atoms with Crippen LogP contribution < -0.4 is 20.5 Å². The van der Waals surface area contributed by atoms with Gasteiger partial charge in [0.1, 0.15) is 17.9 Å². The van der Waals surface area contributed by atoms with E-state index in [-0.39, 0.29) is 11.6 Å². The summed E-state index contributed by atoms with van der Waals surface area (Å²) in [5.41, 5.74) is 2.64. The molecular weight excluding hydrogens is 359 g/mol. The molecule has 3 aromatic rings. The Morgan fingerprint density at radius 3 is 2.50 bits per heavy atom. The zero-order chi connectivity index (χ0) is 19.7. The molecule has 0 unspecified atom stereocenters. The highest BCUT2D eigenvalue weighted by molar-refractivity contribution is 5.82. The van der Waals surface area contributed by atoms with Gasteiger partial charge in [-0.25, -0.2) is 9.18 Å². The molecule has 0 radical (unpaired) electrons. The minimum atomic E-state index is -0.421. The highest BCUT2D eigenvalue weighted by Crippen LogP contribution is 2.25. The van der Waals surface area contributed by atoms with E-state index in [1.807, 2.05) is 25.1 Å².